The number of hydrogen-bond acceptors (Lipinski definition) is 2. The Labute approximate surface area is 152 Å². The van der Waals surface area contributed by atoms with Crippen LogP contribution < -0.4 is 5.32 Å². The lowest BCUT2D eigenvalue weighted by atomic mass is 9.96. The Kier molecular flexibility index (Phi) is 8.08. The second-order valence-corrected chi connectivity index (χ2v) is 6.99. The first-order chi connectivity index (χ1) is 11.4. The van der Waals surface area contributed by atoms with Gasteiger partial charge in [-0.05, 0) is 42.4 Å². The highest BCUT2D eigenvalue weighted by Crippen LogP contribution is 2.59. The summed E-state index contributed by atoms with van der Waals surface area (Å²) >= 11 is 6.22. The highest BCUT2D eigenvalue weighted by molar-refractivity contribution is 6.34. The molecular formula is C20H33ClN2O. The molecule has 0 saturated heterocycles. The van der Waals surface area contributed by atoms with Crippen molar-refractivity contribution in [2.45, 2.75) is 53.4 Å². The molecule has 0 aliphatic heterocycles. The molecule has 1 aromatic carbocycles. The lowest BCUT2D eigenvalue weighted by Crippen LogP contribution is -2.22. The van der Waals surface area contributed by atoms with E-state index in [4.69, 9.17) is 11.6 Å². The van der Waals surface area contributed by atoms with Crippen LogP contribution in [-0.4, -0.2) is 31.4 Å². The molecule has 0 aromatic heterocycles. The third kappa shape index (κ3) is 4.89. The molecule has 0 bridgehead atoms. The molecule has 1 atom stereocenters. The van der Waals surface area contributed by atoms with Gasteiger partial charge in [0.25, 0.3) is 5.91 Å². The number of halogens is 1. The van der Waals surface area contributed by atoms with Gasteiger partial charge < -0.3 is 10.2 Å². The summed E-state index contributed by atoms with van der Waals surface area (Å²) in [5.41, 5.74) is 2.15. The van der Waals surface area contributed by atoms with E-state index in [0.717, 1.165) is 18.2 Å². The third-order valence-electron chi connectivity index (χ3n) is 5.19. The zero-order chi connectivity index (χ0) is 18.3. The minimum atomic E-state index is -0.0646. The van der Waals surface area contributed by atoms with Crippen LogP contribution in [0.1, 0.15) is 63.7 Å². The van der Waals surface area contributed by atoms with Crippen LogP contribution in [0.2, 0.25) is 5.02 Å². The molecule has 0 radical (unpaired) electrons. The number of amides is 1. The highest BCUT2D eigenvalue weighted by atomic mass is 35.5. The smallest absolute Gasteiger partial charge is 0.254 e. The molecule has 1 amide bonds. The molecule has 1 N–H and O–H groups in total. The lowest BCUT2D eigenvalue weighted by molar-refractivity contribution is 0.0828. The quantitative estimate of drug-likeness (QED) is 0.683. The number of nitrogens with one attached hydrogen (secondary N) is 1. The third-order valence-corrected chi connectivity index (χ3v) is 5.51. The molecule has 1 fully saturated rings. The molecule has 1 saturated carbocycles. The summed E-state index contributed by atoms with van der Waals surface area (Å²) < 4.78 is 0. The maximum atomic E-state index is 11.9. The Hall–Kier alpha value is -1.22. The van der Waals surface area contributed by atoms with Crippen molar-refractivity contribution >= 4 is 23.2 Å². The number of benzene rings is 1. The van der Waals surface area contributed by atoms with Crippen molar-refractivity contribution in [1.82, 2.24) is 4.90 Å². The van der Waals surface area contributed by atoms with Crippen LogP contribution in [0.15, 0.2) is 18.2 Å². The van der Waals surface area contributed by atoms with Gasteiger partial charge in [0.2, 0.25) is 0 Å². The van der Waals surface area contributed by atoms with Crippen molar-refractivity contribution in [1.29, 1.82) is 0 Å². The van der Waals surface area contributed by atoms with Crippen molar-refractivity contribution < 1.29 is 4.79 Å². The van der Waals surface area contributed by atoms with Crippen LogP contribution in [0.4, 0.5) is 5.69 Å². The average molecular weight is 353 g/mol. The predicted molar refractivity (Wildman–Crippen MR) is 105 cm³/mol. The van der Waals surface area contributed by atoms with Gasteiger partial charge in [-0.25, -0.2) is 0 Å². The fraction of sp³-hybridized carbons (Fsp3) is 0.650. The van der Waals surface area contributed by atoms with Crippen molar-refractivity contribution in [3.63, 3.8) is 0 Å². The van der Waals surface area contributed by atoms with Crippen LogP contribution in [0, 0.1) is 11.3 Å². The second-order valence-electron chi connectivity index (χ2n) is 6.58. The van der Waals surface area contributed by atoms with Crippen molar-refractivity contribution in [3.8, 4) is 0 Å². The number of carbonyl (C=O) groups is 1. The van der Waals surface area contributed by atoms with Crippen LogP contribution in [0.5, 0.6) is 0 Å². The number of carbonyl (C=O) groups excluding carboxylic acids is 1. The van der Waals surface area contributed by atoms with Gasteiger partial charge in [0.15, 0.2) is 0 Å². The van der Waals surface area contributed by atoms with E-state index in [1.807, 2.05) is 26.0 Å². The summed E-state index contributed by atoms with van der Waals surface area (Å²) in [4.78, 5) is 13.5. The molecule has 0 heterocycles. The molecule has 24 heavy (non-hydrogen) atoms. The zero-order valence-corrected chi connectivity index (χ0v) is 16.8. The predicted octanol–water partition coefficient (Wildman–Crippen LogP) is 5.70. The van der Waals surface area contributed by atoms with Gasteiger partial charge in [0.05, 0.1) is 10.6 Å². The van der Waals surface area contributed by atoms with Crippen LogP contribution in [0.25, 0.3) is 0 Å². The molecular weight excluding hydrogens is 320 g/mol. The summed E-state index contributed by atoms with van der Waals surface area (Å²) in [7, 11) is 3.46. The lowest BCUT2D eigenvalue weighted by Gasteiger charge is -2.14. The number of rotatable bonds is 7. The molecule has 1 unspecified atom stereocenters. The monoisotopic (exact) mass is 352 g/mol. The summed E-state index contributed by atoms with van der Waals surface area (Å²) in [5, 5.41) is 3.93. The summed E-state index contributed by atoms with van der Waals surface area (Å²) in [6, 6.07) is 5.58. The van der Waals surface area contributed by atoms with Crippen molar-refractivity contribution in [2.75, 3.05) is 26.0 Å². The highest BCUT2D eigenvalue weighted by Gasteiger charge is 2.49. The normalized spacial score (nSPS) is 17.5. The molecule has 3 nitrogen and oxygen atoms in total. The average Bonchev–Trinajstić information content (AvgIpc) is 3.30. The van der Waals surface area contributed by atoms with Crippen molar-refractivity contribution in [3.05, 3.63) is 28.8 Å². The number of anilines is 1. The molecule has 1 aliphatic carbocycles. The van der Waals surface area contributed by atoms with Crippen LogP contribution >= 0.6 is 11.6 Å². The van der Waals surface area contributed by atoms with Crippen LogP contribution in [0.3, 0.4) is 0 Å². The second kappa shape index (κ2) is 9.31. The van der Waals surface area contributed by atoms with Gasteiger partial charge in [-0.2, -0.15) is 0 Å². The summed E-state index contributed by atoms with van der Waals surface area (Å²) in [5.74, 6) is 0.797. The zero-order valence-electron chi connectivity index (χ0n) is 16.1. The van der Waals surface area contributed by atoms with Gasteiger partial charge in [-0.1, -0.05) is 52.1 Å². The largest absolute Gasteiger partial charge is 0.385 e. The Morgan fingerprint density at radius 1 is 1.29 bits per heavy atom. The molecule has 4 heteroatoms. The Bertz CT molecular complexity index is 538. The Morgan fingerprint density at radius 3 is 2.38 bits per heavy atom. The number of nitrogens with zero attached hydrogens (tertiary/aromatic N) is 1. The van der Waals surface area contributed by atoms with E-state index >= 15 is 0 Å². The SMILES string of the molecule is CC.CCC1(CC)CC1CCNc1ccc(C(=O)N(C)C)c(Cl)c1. The Morgan fingerprint density at radius 2 is 1.92 bits per heavy atom. The molecule has 0 spiro atoms. The van der Waals surface area contributed by atoms with E-state index in [1.165, 1.54) is 30.6 Å². The fourth-order valence-electron chi connectivity index (χ4n) is 3.39. The first-order valence-corrected chi connectivity index (χ1v) is 9.56. The fourth-order valence-corrected chi connectivity index (χ4v) is 3.65. The molecule has 1 aromatic rings. The van der Waals surface area contributed by atoms with Gasteiger partial charge in [0, 0.05) is 26.3 Å². The minimum absolute atomic E-state index is 0.0646. The van der Waals surface area contributed by atoms with E-state index in [2.05, 4.69) is 19.2 Å². The number of hydrogen-bond donors (Lipinski definition) is 1. The van der Waals surface area contributed by atoms with Gasteiger partial charge in [0.1, 0.15) is 0 Å². The van der Waals surface area contributed by atoms with E-state index in [-0.39, 0.29) is 5.91 Å². The maximum Gasteiger partial charge on any atom is 0.254 e. The van der Waals surface area contributed by atoms with Gasteiger partial charge in [-0.15, -0.1) is 0 Å². The van der Waals surface area contributed by atoms with E-state index < -0.39 is 0 Å². The Balaban J connectivity index is 0.00000139. The first kappa shape index (κ1) is 20.8. The van der Waals surface area contributed by atoms with Gasteiger partial charge >= 0.3 is 0 Å². The van der Waals surface area contributed by atoms with E-state index in [0.29, 0.717) is 16.0 Å². The maximum absolute atomic E-state index is 11.9. The summed E-state index contributed by atoms with van der Waals surface area (Å²) in [6.07, 6.45) is 5.17. The van der Waals surface area contributed by atoms with Gasteiger partial charge in [-0.3, -0.25) is 4.79 Å². The first-order valence-electron chi connectivity index (χ1n) is 9.18. The standard InChI is InChI=1S/C18H27ClN2O.C2H6/c1-5-18(6-2)12-13(18)9-10-20-14-7-8-15(16(19)11-14)17(22)21(3)4;1-2/h7-8,11,13,20H,5-6,9-10,12H2,1-4H3;1-2H3. The van der Waals surface area contributed by atoms with E-state index in [1.54, 1.807) is 20.2 Å². The summed E-state index contributed by atoms with van der Waals surface area (Å²) in [6.45, 7) is 9.57. The molecule has 136 valence electrons. The van der Waals surface area contributed by atoms with E-state index in [9.17, 15) is 4.79 Å². The van der Waals surface area contributed by atoms with Crippen LogP contribution in [-0.2, 0) is 0 Å². The topological polar surface area (TPSA) is 32.3 Å². The molecule has 2 rings (SSSR count). The van der Waals surface area contributed by atoms with Crippen molar-refractivity contribution in [2.24, 2.45) is 11.3 Å². The molecule has 1 aliphatic rings. The minimum Gasteiger partial charge on any atom is -0.385 e.